The van der Waals surface area contributed by atoms with Gasteiger partial charge in [-0.1, -0.05) is 18.2 Å². The van der Waals surface area contributed by atoms with E-state index in [0.717, 1.165) is 4.90 Å². The normalized spacial score (nSPS) is 13.3. The molecular weight excluding hydrogens is 270 g/mol. The number of hydrogen-bond donors (Lipinski definition) is 0. The van der Waals surface area contributed by atoms with E-state index in [4.69, 9.17) is 4.74 Å². The summed E-state index contributed by atoms with van der Waals surface area (Å²) in [5, 5.41) is 0. The quantitative estimate of drug-likeness (QED) is 0.639. The van der Waals surface area contributed by atoms with Crippen molar-refractivity contribution >= 4 is 23.8 Å². The van der Waals surface area contributed by atoms with Crippen LogP contribution in [0.2, 0.25) is 0 Å². The van der Waals surface area contributed by atoms with E-state index >= 15 is 0 Å². The van der Waals surface area contributed by atoms with Gasteiger partial charge in [-0.25, -0.2) is 4.90 Å². The molecule has 2 amide bonds. The van der Waals surface area contributed by atoms with Gasteiger partial charge in [0.05, 0.1) is 29.5 Å². The molecule has 5 heteroatoms. The highest BCUT2D eigenvalue weighted by Gasteiger charge is 2.37. The molecule has 0 bridgehead atoms. The van der Waals surface area contributed by atoms with Gasteiger partial charge in [-0.3, -0.25) is 14.4 Å². The van der Waals surface area contributed by atoms with Crippen LogP contribution in [-0.2, 0) is 0 Å². The van der Waals surface area contributed by atoms with Crippen LogP contribution in [-0.4, -0.2) is 25.2 Å². The van der Waals surface area contributed by atoms with Crippen LogP contribution in [0.3, 0.4) is 0 Å². The van der Waals surface area contributed by atoms with Crippen molar-refractivity contribution in [1.82, 2.24) is 0 Å². The summed E-state index contributed by atoms with van der Waals surface area (Å²) in [6.45, 7) is 0. The molecule has 3 rings (SSSR count). The molecule has 0 unspecified atom stereocenters. The Balaban J connectivity index is 2.18. The number of rotatable bonds is 3. The van der Waals surface area contributed by atoms with E-state index in [1.807, 2.05) is 0 Å². The summed E-state index contributed by atoms with van der Waals surface area (Å²) in [6.07, 6.45) is 0.581. The minimum Gasteiger partial charge on any atom is -0.496 e. The van der Waals surface area contributed by atoms with Crippen LogP contribution in [0.5, 0.6) is 5.75 Å². The summed E-state index contributed by atoms with van der Waals surface area (Å²) in [5.74, 6) is -0.557. The fourth-order valence-corrected chi connectivity index (χ4v) is 2.43. The van der Waals surface area contributed by atoms with Crippen molar-refractivity contribution in [1.29, 1.82) is 0 Å². The second-order valence-electron chi connectivity index (χ2n) is 4.50. The maximum atomic E-state index is 12.4. The molecule has 0 aromatic heterocycles. The summed E-state index contributed by atoms with van der Waals surface area (Å²) in [7, 11) is 1.43. The average Bonchev–Trinajstić information content (AvgIpc) is 2.78. The molecule has 0 radical (unpaired) electrons. The Morgan fingerprint density at radius 2 is 1.57 bits per heavy atom. The topological polar surface area (TPSA) is 63.7 Å². The molecule has 1 heterocycles. The summed E-state index contributed by atoms with van der Waals surface area (Å²) >= 11 is 0. The van der Waals surface area contributed by atoms with E-state index in [0.29, 0.717) is 23.2 Å². The third-order valence-electron chi connectivity index (χ3n) is 3.42. The first-order valence-electron chi connectivity index (χ1n) is 6.29. The average molecular weight is 281 g/mol. The predicted molar refractivity (Wildman–Crippen MR) is 76.0 cm³/mol. The number of methoxy groups -OCH3 is 1. The fourth-order valence-electron chi connectivity index (χ4n) is 2.43. The van der Waals surface area contributed by atoms with Crippen LogP contribution < -0.4 is 9.64 Å². The number of benzene rings is 2. The number of fused-ring (bicyclic) bond motifs is 1. The van der Waals surface area contributed by atoms with Crippen molar-refractivity contribution in [3.05, 3.63) is 59.2 Å². The number of imide groups is 1. The van der Waals surface area contributed by atoms with E-state index in [2.05, 4.69) is 0 Å². The van der Waals surface area contributed by atoms with Crippen LogP contribution in [0.15, 0.2) is 42.5 Å². The molecule has 0 saturated heterocycles. The monoisotopic (exact) mass is 281 g/mol. The van der Waals surface area contributed by atoms with Crippen LogP contribution in [0.25, 0.3) is 0 Å². The van der Waals surface area contributed by atoms with E-state index in [-0.39, 0.29) is 11.3 Å². The Bertz CT molecular complexity index is 732. The predicted octanol–water partition coefficient (Wildman–Crippen LogP) is 2.31. The number of carbonyl (C=O) groups excluding carboxylic acids is 3. The molecule has 2 aromatic carbocycles. The molecule has 1 aliphatic rings. The lowest BCUT2D eigenvalue weighted by Gasteiger charge is -2.17. The molecule has 0 fully saturated rings. The van der Waals surface area contributed by atoms with Crippen molar-refractivity contribution < 1.29 is 19.1 Å². The molecule has 2 aromatic rings. The largest absolute Gasteiger partial charge is 0.496 e. The molecule has 0 N–H and O–H groups in total. The molecule has 0 spiro atoms. The maximum Gasteiger partial charge on any atom is 0.266 e. The van der Waals surface area contributed by atoms with Crippen molar-refractivity contribution in [2.75, 3.05) is 12.0 Å². The first-order chi connectivity index (χ1) is 10.2. The first-order valence-corrected chi connectivity index (χ1v) is 6.29. The Kier molecular flexibility index (Phi) is 3.02. The number of carbonyl (C=O) groups is 3. The lowest BCUT2D eigenvalue weighted by atomic mass is 10.1. The molecule has 0 atom stereocenters. The Morgan fingerprint density at radius 3 is 2.10 bits per heavy atom. The molecule has 5 nitrogen and oxygen atoms in total. The second kappa shape index (κ2) is 4.86. The van der Waals surface area contributed by atoms with Crippen LogP contribution in [0.4, 0.5) is 5.69 Å². The Labute approximate surface area is 120 Å². The van der Waals surface area contributed by atoms with Gasteiger partial charge >= 0.3 is 0 Å². The number of amides is 2. The van der Waals surface area contributed by atoms with Crippen LogP contribution in [0, 0.1) is 0 Å². The molecular formula is C16H11NO4. The van der Waals surface area contributed by atoms with Crippen LogP contribution >= 0.6 is 0 Å². The number of hydrogen-bond acceptors (Lipinski definition) is 4. The number of ether oxygens (including phenoxy) is 1. The van der Waals surface area contributed by atoms with Gasteiger partial charge in [-0.05, 0) is 24.3 Å². The van der Waals surface area contributed by atoms with Gasteiger partial charge in [-0.15, -0.1) is 0 Å². The summed E-state index contributed by atoms with van der Waals surface area (Å²) in [5.41, 5.74) is 1.08. The smallest absolute Gasteiger partial charge is 0.266 e. The second-order valence-corrected chi connectivity index (χ2v) is 4.50. The van der Waals surface area contributed by atoms with Crippen molar-refractivity contribution in [3.8, 4) is 5.75 Å². The molecule has 104 valence electrons. The molecule has 0 aliphatic carbocycles. The molecule has 0 saturated carbocycles. The third-order valence-corrected chi connectivity index (χ3v) is 3.42. The summed E-state index contributed by atoms with van der Waals surface area (Å²) < 4.78 is 5.10. The summed E-state index contributed by atoms with van der Waals surface area (Å²) in [4.78, 5) is 37.2. The lowest BCUT2D eigenvalue weighted by molar-refractivity contribution is 0.0926. The van der Waals surface area contributed by atoms with E-state index in [1.165, 1.54) is 7.11 Å². The zero-order valence-corrected chi connectivity index (χ0v) is 11.2. The standard InChI is InChI=1S/C16H11NO4/c1-21-14-8-4-7-13(12(14)9-18)17-15(19)10-5-2-3-6-11(10)16(17)20/h2-9H,1H3. The number of aldehydes is 1. The van der Waals surface area contributed by atoms with Gasteiger partial charge in [0.2, 0.25) is 0 Å². The highest BCUT2D eigenvalue weighted by molar-refractivity contribution is 6.35. The van der Waals surface area contributed by atoms with Gasteiger partial charge in [0.15, 0.2) is 6.29 Å². The van der Waals surface area contributed by atoms with Gasteiger partial charge in [0.1, 0.15) is 5.75 Å². The van der Waals surface area contributed by atoms with Crippen molar-refractivity contribution in [3.63, 3.8) is 0 Å². The zero-order valence-electron chi connectivity index (χ0n) is 11.2. The summed E-state index contributed by atoms with van der Waals surface area (Å²) in [6, 6.07) is 11.4. The lowest BCUT2D eigenvalue weighted by Crippen LogP contribution is -2.30. The zero-order chi connectivity index (χ0) is 15.0. The van der Waals surface area contributed by atoms with Gasteiger partial charge in [0, 0.05) is 0 Å². The van der Waals surface area contributed by atoms with Crippen molar-refractivity contribution in [2.45, 2.75) is 0 Å². The minimum atomic E-state index is -0.438. The fraction of sp³-hybridized carbons (Fsp3) is 0.0625. The van der Waals surface area contributed by atoms with E-state index < -0.39 is 11.8 Å². The molecule has 21 heavy (non-hydrogen) atoms. The minimum absolute atomic E-state index is 0.175. The Morgan fingerprint density at radius 1 is 0.952 bits per heavy atom. The number of anilines is 1. The molecule has 1 aliphatic heterocycles. The Hall–Kier alpha value is -2.95. The van der Waals surface area contributed by atoms with Crippen LogP contribution in [0.1, 0.15) is 31.1 Å². The highest BCUT2D eigenvalue weighted by Crippen LogP contribution is 2.33. The first kappa shape index (κ1) is 13.1. The van der Waals surface area contributed by atoms with Crippen molar-refractivity contribution in [2.24, 2.45) is 0 Å². The highest BCUT2D eigenvalue weighted by atomic mass is 16.5. The van der Waals surface area contributed by atoms with Gasteiger partial charge in [0.25, 0.3) is 11.8 Å². The van der Waals surface area contributed by atoms with E-state index in [1.54, 1.807) is 42.5 Å². The van der Waals surface area contributed by atoms with Gasteiger partial charge < -0.3 is 4.74 Å². The number of nitrogens with zero attached hydrogens (tertiary/aromatic N) is 1. The SMILES string of the molecule is COc1cccc(N2C(=O)c3ccccc3C2=O)c1C=O. The third kappa shape index (κ3) is 1.82. The van der Waals surface area contributed by atoms with Gasteiger partial charge in [-0.2, -0.15) is 0 Å². The van der Waals surface area contributed by atoms with E-state index in [9.17, 15) is 14.4 Å². The maximum absolute atomic E-state index is 12.4.